The van der Waals surface area contributed by atoms with Crippen molar-refractivity contribution in [2.45, 2.75) is 31.8 Å². The SMILES string of the molecule is [B]c1ccc(O)c([C@H](C)NC(=O)C2CCCN2C)c1. The van der Waals surface area contributed by atoms with Crippen molar-refractivity contribution in [1.29, 1.82) is 0 Å². The number of phenolic OH excluding ortho intramolecular Hbond substituents is 1. The molecule has 1 fully saturated rings. The Balaban J connectivity index is 2.06. The van der Waals surface area contributed by atoms with Crippen molar-refractivity contribution in [2.75, 3.05) is 13.6 Å². The van der Waals surface area contributed by atoms with E-state index in [0.717, 1.165) is 19.4 Å². The summed E-state index contributed by atoms with van der Waals surface area (Å²) < 4.78 is 0. The van der Waals surface area contributed by atoms with Crippen molar-refractivity contribution in [3.63, 3.8) is 0 Å². The van der Waals surface area contributed by atoms with E-state index in [4.69, 9.17) is 7.85 Å². The summed E-state index contributed by atoms with van der Waals surface area (Å²) in [6.07, 6.45) is 1.93. The second-order valence-corrected chi connectivity index (χ2v) is 5.19. The molecule has 0 saturated carbocycles. The van der Waals surface area contributed by atoms with E-state index in [1.807, 2.05) is 14.0 Å². The Morgan fingerprint density at radius 1 is 1.58 bits per heavy atom. The first-order valence-electron chi connectivity index (χ1n) is 6.58. The summed E-state index contributed by atoms with van der Waals surface area (Å²) in [5.41, 5.74) is 1.22. The lowest BCUT2D eigenvalue weighted by atomic mass is 9.92. The van der Waals surface area contributed by atoms with Crippen molar-refractivity contribution < 1.29 is 9.90 Å². The maximum absolute atomic E-state index is 12.2. The number of carbonyl (C=O) groups is 1. The number of nitrogens with zero attached hydrogens (tertiary/aromatic N) is 1. The smallest absolute Gasteiger partial charge is 0.237 e. The van der Waals surface area contributed by atoms with Gasteiger partial charge in [-0.3, -0.25) is 9.69 Å². The fourth-order valence-electron chi connectivity index (χ4n) is 2.55. The zero-order chi connectivity index (χ0) is 14.0. The quantitative estimate of drug-likeness (QED) is 0.774. The molecule has 1 aliphatic heterocycles. The zero-order valence-corrected chi connectivity index (χ0v) is 11.4. The highest BCUT2D eigenvalue weighted by atomic mass is 16.3. The first kappa shape index (κ1) is 13.9. The molecule has 4 nitrogen and oxygen atoms in total. The Hall–Kier alpha value is -1.49. The number of nitrogens with one attached hydrogen (secondary N) is 1. The molecule has 1 unspecified atom stereocenters. The predicted molar refractivity (Wildman–Crippen MR) is 75.7 cm³/mol. The predicted octanol–water partition coefficient (Wildman–Crippen LogP) is 0.457. The minimum absolute atomic E-state index is 0.00863. The number of benzene rings is 1. The third-order valence-electron chi connectivity index (χ3n) is 3.70. The van der Waals surface area contributed by atoms with Gasteiger partial charge in [-0.25, -0.2) is 0 Å². The molecule has 1 heterocycles. The summed E-state index contributed by atoms with van der Waals surface area (Å²) in [6, 6.07) is 4.56. The van der Waals surface area contributed by atoms with Crippen LogP contribution in [0.25, 0.3) is 0 Å². The maximum Gasteiger partial charge on any atom is 0.237 e. The Bertz CT molecular complexity index is 479. The Morgan fingerprint density at radius 3 is 2.95 bits per heavy atom. The van der Waals surface area contributed by atoms with Crippen molar-refractivity contribution in [1.82, 2.24) is 10.2 Å². The van der Waals surface area contributed by atoms with Gasteiger partial charge in [-0.05, 0) is 39.4 Å². The first-order chi connectivity index (χ1) is 8.99. The number of rotatable bonds is 3. The number of hydrogen-bond donors (Lipinski definition) is 2. The molecule has 1 aromatic carbocycles. The summed E-state index contributed by atoms with van der Waals surface area (Å²) >= 11 is 0. The Labute approximate surface area is 115 Å². The van der Waals surface area contributed by atoms with E-state index < -0.39 is 0 Å². The molecule has 5 heteroatoms. The summed E-state index contributed by atoms with van der Waals surface area (Å²) in [4.78, 5) is 14.2. The molecule has 0 aromatic heterocycles. The van der Waals surface area contributed by atoms with Crippen LogP contribution in [0.3, 0.4) is 0 Å². The molecule has 2 atom stereocenters. The van der Waals surface area contributed by atoms with Crippen LogP contribution in [0, 0.1) is 0 Å². The van der Waals surface area contributed by atoms with Crippen LogP contribution in [0.4, 0.5) is 0 Å². The minimum atomic E-state index is -0.259. The van der Waals surface area contributed by atoms with Crippen molar-refractivity contribution >= 4 is 19.2 Å². The van der Waals surface area contributed by atoms with Crippen LogP contribution >= 0.6 is 0 Å². The lowest BCUT2D eigenvalue weighted by molar-refractivity contribution is -0.125. The van der Waals surface area contributed by atoms with Crippen molar-refractivity contribution in [2.24, 2.45) is 0 Å². The number of likely N-dealkylation sites (tertiary alicyclic amines) is 1. The molecular formula is C14H19BN2O2. The Morgan fingerprint density at radius 2 is 2.32 bits per heavy atom. The topological polar surface area (TPSA) is 52.6 Å². The molecule has 1 saturated heterocycles. The van der Waals surface area contributed by atoms with Gasteiger partial charge in [0, 0.05) is 5.56 Å². The molecule has 1 aliphatic rings. The van der Waals surface area contributed by atoms with Gasteiger partial charge in [-0.1, -0.05) is 17.6 Å². The highest BCUT2D eigenvalue weighted by Crippen LogP contribution is 2.23. The van der Waals surface area contributed by atoms with Gasteiger partial charge in [0.05, 0.1) is 12.1 Å². The van der Waals surface area contributed by atoms with Gasteiger partial charge in [0.2, 0.25) is 5.91 Å². The minimum Gasteiger partial charge on any atom is -0.508 e. The van der Waals surface area contributed by atoms with E-state index in [0.29, 0.717) is 11.0 Å². The molecule has 0 spiro atoms. The van der Waals surface area contributed by atoms with Gasteiger partial charge in [-0.2, -0.15) is 0 Å². The highest BCUT2D eigenvalue weighted by molar-refractivity contribution is 6.32. The fraction of sp³-hybridized carbons (Fsp3) is 0.500. The number of carbonyl (C=O) groups excluding carboxylic acids is 1. The lowest BCUT2D eigenvalue weighted by Gasteiger charge is -2.22. The highest BCUT2D eigenvalue weighted by Gasteiger charge is 2.28. The van der Waals surface area contributed by atoms with Gasteiger partial charge in [0.1, 0.15) is 13.6 Å². The summed E-state index contributed by atoms with van der Waals surface area (Å²) in [5, 5.41) is 12.8. The number of aromatic hydroxyl groups is 1. The summed E-state index contributed by atoms with van der Waals surface area (Å²) in [7, 11) is 7.67. The van der Waals surface area contributed by atoms with E-state index >= 15 is 0 Å². The standard InChI is InChI=1S/C14H19BN2O2/c1-9(11-8-10(15)5-6-13(11)18)16-14(19)12-4-3-7-17(12)2/h5-6,8-9,12,18H,3-4,7H2,1-2H3,(H,16,19)/t9-,12?/m0/s1. The fourth-order valence-corrected chi connectivity index (χ4v) is 2.55. The lowest BCUT2D eigenvalue weighted by Crippen LogP contribution is -2.42. The molecule has 19 heavy (non-hydrogen) atoms. The summed E-state index contributed by atoms with van der Waals surface area (Å²) in [6.45, 7) is 2.80. The van der Waals surface area contributed by atoms with Gasteiger partial charge in [-0.15, -0.1) is 0 Å². The van der Waals surface area contributed by atoms with E-state index in [1.165, 1.54) is 0 Å². The average Bonchev–Trinajstić information content (AvgIpc) is 2.78. The number of likely N-dealkylation sites (N-methyl/N-ethyl adjacent to an activating group) is 1. The van der Waals surface area contributed by atoms with E-state index in [-0.39, 0.29) is 23.7 Å². The average molecular weight is 258 g/mol. The second kappa shape index (κ2) is 5.65. The third kappa shape index (κ3) is 3.10. The molecule has 0 aliphatic carbocycles. The Kier molecular flexibility index (Phi) is 4.15. The van der Waals surface area contributed by atoms with Gasteiger partial charge >= 0.3 is 0 Å². The van der Waals surface area contributed by atoms with Crippen LogP contribution in [-0.2, 0) is 4.79 Å². The maximum atomic E-state index is 12.2. The molecule has 2 radical (unpaired) electrons. The molecule has 100 valence electrons. The van der Waals surface area contributed by atoms with Crippen LogP contribution < -0.4 is 10.8 Å². The van der Waals surface area contributed by atoms with Crippen LogP contribution in [0.15, 0.2) is 18.2 Å². The molecule has 2 rings (SSSR count). The molecule has 0 bridgehead atoms. The van der Waals surface area contributed by atoms with E-state index in [9.17, 15) is 9.90 Å². The first-order valence-corrected chi connectivity index (χ1v) is 6.58. The van der Waals surface area contributed by atoms with E-state index in [1.54, 1.807) is 18.2 Å². The van der Waals surface area contributed by atoms with Crippen LogP contribution in [0.2, 0.25) is 0 Å². The van der Waals surface area contributed by atoms with Crippen LogP contribution in [0.5, 0.6) is 5.75 Å². The molecule has 2 N–H and O–H groups in total. The summed E-state index contributed by atoms with van der Waals surface area (Å²) in [5.74, 6) is 0.163. The van der Waals surface area contributed by atoms with Crippen molar-refractivity contribution in [3.8, 4) is 5.75 Å². The third-order valence-corrected chi connectivity index (χ3v) is 3.70. The molecular weight excluding hydrogens is 239 g/mol. The number of phenols is 1. The number of hydrogen-bond acceptors (Lipinski definition) is 3. The van der Waals surface area contributed by atoms with Crippen LogP contribution in [0.1, 0.15) is 31.4 Å². The normalized spacial score (nSPS) is 21.3. The van der Waals surface area contributed by atoms with Gasteiger partial charge < -0.3 is 10.4 Å². The zero-order valence-electron chi connectivity index (χ0n) is 11.4. The van der Waals surface area contributed by atoms with Crippen molar-refractivity contribution in [3.05, 3.63) is 23.8 Å². The largest absolute Gasteiger partial charge is 0.508 e. The van der Waals surface area contributed by atoms with E-state index in [2.05, 4.69) is 10.2 Å². The monoisotopic (exact) mass is 258 g/mol. The second-order valence-electron chi connectivity index (χ2n) is 5.19. The van der Waals surface area contributed by atoms with Gasteiger partial charge in [0.15, 0.2) is 0 Å². The molecule has 1 aromatic rings. The molecule has 1 amide bonds. The van der Waals surface area contributed by atoms with Crippen LogP contribution in [-0.4, -0.2) is 43.4 Å². The number of amides is 1. The van der Waals surface area contributed by atoms with Gasteiger partial charge in [0.25, 0.3) is 0 Å².